The van der Waals surface area contributed by atoms with Gasteiger partial charge in [-0.15, -0.1) is 0 Å². The van der Waals surface area contributed by atoms with Crippen LogP contribution in [0.2, 0.25) is 5.02 Å². The fourth-order valence-corrected chi connectivity index (χ4v) is 2.35. The van der Waals surface area contributed by atoms with Crippen LogP contribution in [0.1, 0.15) is 11.1 Å². The molecule has 2 aromatic rings. The Bertz CT molecular complexity index is 684. The van der Waals surface area contributed by atoms with E-state index in [2.05, 4.69) is 0 Å². The molecule has 0 heterocycles. The van der Waals surface area contributed by atoms with Crippen molar-refractivity contribution in [3.63, 3.8) is 0 Å². The molecule has 0 bridgehead atoms. The molecular formula is C15H13ClO2S. The van der Waals surface area contributed by atoms with Crippen molar-refractivity contribution in [3.05, 3.63) is 64.7 Å². The number of halogens is 1. The molecule has 0 unspecified atom stereocenters. The summed E-state index contributed by atoms with van der Waals surface area (Å²) >= 11 is 5.81. The van der Waals surface area contributed by atoms with E-state index in [1.54, 1.807) is 24.3 Å². The van der Waals surface area contributed by atoms with Gasteiger partial charge in [-0.05, 0) is 35.4 Å². The maximum Gasteiger partial charge on any atom is 0.175 e. The molecular weight excluding hydrogens is 280 g/mol. The Balaban J connectivity index is 2.18. The average molecular weight is 293 g/mol. The van der Waals surface area contributed by atoms with Crippen LogP contribution >= 0.6 is 11.6 Å². The Labute approximate surface area is 118 Å². The minimum atomic E-state index is -3.13. The lowest BCUT2D eigenvalue weighted by Crippen LogP contribution is -1.95. The van der Waals surface area contributed by atoms with Crippen molar-refractivity contribution in [1.82, 2.24) is 0 Å². The molecule has 2 nitrogen and oxygen atoms in total. The fourth-order valence-electron chi connectivity index (χ4n) is 1.59. The van der Waals surface area contributed by atoms with Crippen molar-refractivity contribution in [2.45, 2.75) is 4.90 Å². The number of sulfone groups is 1. The van der Waals surface area contributed by atoms with Gasteiger partial charge in [-0.2, -0.15) is 0 Å². The van der Waals surface area contributed by atoms with Gasteiger partial charge in [0.25, 0.3) is 0 Å². The largest absolute Gasteiger partial charge is 0.224 e. The molecule has 0 atom stereocenters. The molecule has 0 aliphatic heterocycles. The van der Waals surface area contributed by atoms with Crippen molar-refractivity contribution in [1.29, 1.82) is 0 Å². The van der Waals surface area contributed by atoms with E-state index in [0.717, 1.165) is 11.1 Å². The Morgan fingerprint density at radius 3 is 1.68 bits per heavy atom. The van der Waals surface area contributed by atoms with Gasteiger partial charge >= 0.3 is 0 Å². The monoisotopic (exact) mass is 292 g/mol. The lowest BCUT2D eigenvalue weighted by molar-refractivity contribution is 0.602. The van der Waals surface area contributed by atoms with E-state index in [1.807, 2.05) is 36.4 Å². The summed E-state index contributed by atoms with van der Waals surface area (Å²) in [6.07, 6.45) is 5.08. The summed E-state index contributed by atoms with van der Waals surface area (Å²) < 4.78 is 22.6. The standard InChI is InChI=1S/C15H13ClO2S/c1-19(17,18)15-10-6-13(7-11-15)3-2-12-4-8-14(16)9-5-12/h2-11H,1H3. The second kappa shape index (κ2) is 5.59. The molecule has 0 aromatic heterocycles. The number of benzene rings is 2. The van der Waals surface area contributed by atoms with Gasteiger partial charge in [0.15, 0.2) is 9.84 Å². The first-order chi connectivity index (χ1) is 8.95. The molecule has 19 heavy (non-hydrogen) atoms. The molecule has 0 aliphatic rings. The van der Waals surface area contributed by atoms with Crippen LogP contribution in [0, 0.1) is 0 Å². The van der Waals surface area contributed by atoms with Crippen LogP contribution in [-0.4, -0.2) is 14.7 Å². The summed E-state index contributed by atoms with van der Waals surface area (Å²) in [7, 11) is -3.13. The number of hydrogen-bond acceptors (Lipinski definition) is 2. The highest BCUT2D eigenvalue weighted by Crippen LogP contribution is 2.14. The summed E-state index contributed by atoms with van der Waals surface area (Å²) in [5, 5.41) is 0.703. The van der Waals surface area contributed by atoms with Gasteiger partial charge < -0.3 is 0 Å². The Hall–Kier alpha value is -1.58. The normalized spacial score (nSPS) is 11.9. The zero-order valence-electron chi connectivity index (χ0n) is 10.4. The molecule has 0 spiro atoms. The molecule has 0 aliphatic carbocycles. The van der Waals surface area contributed by atoms with Crippen LogP contribution in [0.3, 0.4) is 0 Å². The molecule has 0 fully saturated rings. The highest BCUT2D eigenvalue weighted by Gasteiger charge is 2.04. The van der Waals surface area contributed by atoms with Crippen LogP contribution in [0.5, 0.6) is 0 Å². The molecule has 2 aromatic carbocycles. The lowest BCUT2D eigenvalue weighted by Gasteiger charge is -1.99. The van der Waals surface area contributed by atoms with Crippen LogP contribution < -0.4 is 0 Å². The van der Waals surface area contributed by atoms with Crippen LogP contribution in [0.4, 0.5) is 0 Å². The summed E-state index contributed by atoms with van der Waals surface area (Å²) in [5.74, 6) is 0. The topological polar surface area (TPSA) is 34.1 Å². The van der Waals surface area contributed by atoms with E-state index in [4.69, 9.17) is 11.6 Å². The Morgan fingerprint density at radius 2 is 1.26 bits per heavy atom. The molecule has 0 saturated heterocycles. The zero-order chi connectivity index (χ0) is 13.9. The van der Waals surface area contributed by atoms with Gasteiger partial charge in [-0.1, -0.05) is 48.0 Å². The van der Waals surface area contributed by atoms with Crippen molar-refractivity contribution in [2.24, 2.45) is 0 Å². The van der Waals surface area contributed by atoms with E-state index in [9.17, 15) is 8.42 Å². The fraction of sp³-hybridized carbons (Fsp3) is 0.0667. The van der Waals surface area contributed by atoms with Gasteiger partial charge in [-0.25, -0.2) is 8.42 Å². The van der Waals surface area contributed by atoms with Crippen molar-refractivity contribution in [3.8, 4) is 0 Å². The maximum atomic E-state index is 11.3. The molecule has 4 heteroatoms. The van der Waals surface area contributed by atoms with Crippen molar-refractivity contribution in [2.75, 3.05) is 6.26 Å². The second-order valence-corrected chi connectivity index (χ2v) is 6.68. The van der Waals surface area contributed by atoms with Crippen LogP contribution in [0.15, 0.2) is 53.4 Å². The smallest absolute Gasteiger partial charge is 0.175 e. The number of hydrogen-bond donors (Lipinski definition) is 0. The Kier molecular flexibility index (Phi) is 4.08. The molecule has 98 valence electrons. The highest BCUT2D eigenvalue weighted by atomic mass is 35.5. The van der Waals surface area contributed by atoms with Crippen LogP contribution in [0.25, 0.3) is 12.2 Å². The predicted octanol–water partition coefficient (Wildman–Crippen LogP) is 3.91. The van der Waals surface area contributed by atoms with E-state index in [0.29, 0.717) is 9.92 Å². The van der Waals surface area contributed by atoms with E-state index < -0.39 is 9.84 Å². The Morgan fingerprint density at radius 1 is 0.842 bits per heavy atom. The molecule has 0 saturated carbocycles. The van der Waals surface area contributed by atoms with Gasteiger partial charge in [-0.3, -0.25) is 0 Å². The summed E-state index contributed by atoms with van der Waals surface area (Å²) in [4.78, 5) is 0.330. The van der Waals surface area contributed by atoms with Crippen LogP contribution in [-0.2, 0) is 9.84 Å². The van der Waals surface area contributed by atoms with Gasteiger partial charge in [0, 0.05) is 11.3 Å². The summed E-state index contributed by atoms with van der Waals surface area (Å²) in [5.41, 5.74) is 1.99. The van der Waals surface area contributed by atoms with Crippen molar-refractivity contribution < 1.29 is 8.42 Å². The van der Waals surface area contributed by atoms with Gasteiger partial charge in [0.1, 0.15) is 0 Å². The summed E-state index contributed by atoms with van der Waals surface area (Å²) in [6, 6.07) is 14.3. The zero-order valence-corrected chi connectivity index (χ0v) is 11.9. The minimum Gasteiger partial charge on any atom is -0.224 e. The third kappa shape index (κ3) is 3.94. The predicted molar refractivity (Wildman–Crippen MR) is 79.9 cm³/mol. The number of rotatable bonds is 3. The van der Waals surface area contributed by atoms with E-state index in [-0.39, 0.29) is 0 Å². The van der Waals surface area contributed by atoms with E-state index >= 15 is 0 Å². The molecule has 0 radical (unpaired) electrons. The van der Waals surface area contributed by atoms with Crippen molar-refractivity contribution >= 4 is 33.6 Å². The summed E-state index contributed by atoms with van der Waals surface area (Å²) in [6.45, 7) is 0. The van der Waals surface area contributed by atoms with Gasteiger partial charge in [0.05, 0.1) is 4.90 Å². The molecule has 0 N–H and O–H groups in total. The third-order valence-electron chi connectivity index (χ3n) is 2.65. The van der Waals surface area contributed by atoms with Gasteiger partial charge in [0.2, 0.25) is 0 Å². The quantitative estimate of drug-likeness (QED) is 0.804. The first-order valence-corrected chi connectivity index (χ1v) is 7.96. The van der Waals surface area contributed by atoms with E-state index in [1.165, 1.54) is 6.26 Å². The lowest BCUT2D eigenvalue weighted by atomic mass is 10.1. The molecule has 2 rings (SSSR count). The molecule has 0 amide bonds. The third-order valence-corrected chi connectivity index (χ3v) is 4.03. The average Bonchev–Trinajstić information content (AvgIpc) is 2.37. The SMILES string of the molecule is CS(=O)(=O)c1ccc(C=Cc2ccc(Cl)cc2)cc1. The first-order valence-electron chi connectivity index (χ1n) is 5.69. The second-order valence-electron chi connectivity index (χ2n) is 4.23. The minimum absolute atomic E-state index is 0.330. The highest BCUT2D eigenvalue weighted by molar-refractivity contribution is 7.90. The maximum absolute atomic E-state index is 11.3. The first kappa shape index (κ1) is 13.8.